The van der Waals surface area contributed by atoms with Crippen LogP contribution in [0.4, 0.5) is 32.0 Å². The number of halogens is 6. The molecule has 22 heteroatoms. The van der Waals surface area contributed by atoms with E-state index in [0.717, 1.165) is 16.8 Å². The molecule has 404 valence electrons. The third kappa shape index (κ3) is 27.0. The molecule has 0 aliphatic carbocycles. The van der Waals surface area contributed by atoms with Crippen molar-refractivity contribution in [3.05, 3.63) is 88.8 Å². The lowest BCUT2D eigenvalue weighted by molar-refractivity contribution is -0.143. The minimum atomic E-state index is -4.88. The highest BCUT2D eigenvalue weighted by atomic mass is 19.4. The summed E-state index contributed by atoms with van der Waals surface area (Å²) in [5, 5.41) is 2.78. The molecule has 0 bridgehead atoms. The molecule has 16 nitrogen and oxygen atoms in total. The zero-order valence-electron chi connectivity index (χ0n) is 41.1. The highest BCUT2D eigenvalue weighted by molar-refractivity contribution is 5.77. The first kappa shape index (κ1) is 60.1. The number of nitrogens with zero attached hydrogens (tertiary/aromatic N) is 2. The molecule has 4 rings (SSSR count). The van der Waals surface area contributed by atoms with E-state index in [-0.39, 0.29) is 37.9 Å². The number of oxazole rings is 1. The van der Waals surface area contributed by atoms with Gasteiger partial charge in [-0.25, -0.2) is 4.98 Å². The predicted molar refractivity (Wildman–Crippen MR) is 256 cm³/mol. The maximum atomic E-state index is 13.0. The first-order chi connectivity index (χ1) is 34.9. The Morgan fingerprint density at radius 2 is 0.889 bits per heavy atom. The first-order valence-electron chi connectivity index (χ1n) is 23.7. The number of ether oxygens (including phenoxy) is 12. The van der Waals surface area contributed by atoms with Crippen LogP contribution in [-0.2, 0) is 71.0 Å². The van der Waals surface area contributed by atoms with Crippen molar-refractivity contribution in [2.24, 2.45) is 0 Å². The molecule has 4 aromatic rings. The monoisotopic (exact) mass is 1030 g/mol. The molecule has 72 heavy (non-hydrogen) atoms. The minimum Gasteiger partial charge on any atom is -0.491 e. The molecule has 1 N–H and O–H groups in total. The highest BCUT2D eigenvalue weighted by Crippen LogP contribution is 2.36. The Labute approximate surface area is 417 Å². The van der Waals surface area contributed by atoms with Gasteiger partial charge < -0.3 is 71.5 Å². The minimum absolute atomic E-state index is 0.103. The Morgan fingerprint density at radius 3 is 1.29 bits per heavy atom. The van der Waals surface area contributed by atoms with Crippen LogP contribution in [0.25, 0.3) is 23.3 Å². The normalized spacial score (nSPS) is 12.2. The van der Waals surface area contributed by atoms with Gasteiger partial charge >= 0.3 is 12.4 Å². The molecule has 0 radical (unpaired) electrons. The van der Waals surface area contributed by atoms with Crippen LogP contribution < -0.4 is 15.0 Å². The second kappa shape index (κ2) is 35.7. The zero-order chi connectivity index (χ0) is 51.5. The van der Waals surface area contributed by atoms with E-state index in [0.29, 0.717) is 168 Å². The van der Waals surface area contributed by atoms with Crippen molar-refractivity contribution >= 4 is 28.9 Å². The van der Waals surface area contributed by atoms with E-state index in [1.54, 1.807) is 0 Å². The summed E-state index contributed by atoms with van der Waals surface area (Å²) in [5.41, 5.74) is 0.778. The van der Waals surface area contributed by atoms with E-state index in [9.17, 15) is 26.3 Å². The van der Waals surface area contributed by atoms with Crippen molar-refractivity contribution in [3.8, 4) is 5.75 Å². The molecule has 0 aliphatic heterocycles. The van der Waals surface area contributed by atoms with E-state index >= 15 is 0 Å². The molecule has 0 spiro atoms. The van der Waals surface area contributed by atoms with E-state index in [2.05, 4.69) is 27.3 Å². The number of alkyl halides is 6. The molecule has 0 unspecified atom stereocenters. The average Bonchev–Trinajstić information content (AvgIpc) is 3.77. The summed E-state index contributed by atoms with van der Waals surface area (Å²) in [5.74, 6) is 1.20. The largest absolute Gasteiger partial charge is 0.491 e. The van der Waals surface area contributed by atoms with Crippen molar-refractivity contribution in [2.75, 3.05) is 177 Å². The fraction of sp³-hybridized carbons (Fsp3) is 0.580. The van der Waals surface area contributed by atoms with Gasteiger partial charge in [-0.05, 0) is 59.7 Å². The smallest absolute Gasteiger partial charge is 0.416 e. The van der Waals surface area contributed by atoms with Gasteiger partial charge in [-0.2, -0.15) is 26.3 Å². The van der Waals surface area contributed by atoms with Crippen molar-refractivity contribution in [3.63, 3.8) is 0 Å². The Balaban J connectivity index is 0.795. The van der Waals surface area contributed by atoms with Crippen LogP contribution in [0.3, 0.4) is 0 Å². The summed E-state index contributed by atoms with van der Waals surface area (Å²) >= 11 is 0. The van der Waals surface area contributed by atoms with Crippen LogP contribution in [0.1, 0.15) is 28.1 Å². The molecule has 0 amide bonds. The van der Waals surface area contributed by atoms with Gasteiger partial charge in [0, 0.05) is 45.0 Å². The summed E-state index contributed by atoms with van der Waals surface area (Å²) in [6, 6.07) is 15.3. The molecule has 3 aromatic carbocycles. The fourth-order valence-corrected chi connectivity index (χ4v) is 6.15. The third-order valence-corrected chi connectivity index (χ3v) is 9.82. The lowest BCUT2D eigenvalue weighted by Gasteiger charge is -2.14. The van der Waals surface area contributed by atoms with Gasteiger partial charge in [-0.1, -0.05) is 12.1 Å². The van der Waals surface area contributed by atoms with E-state index in [1.165, 1.54) is 0 Å². The molecule has 1 heterocycles. The molecule has 0 atom stereocenters. The number of hydrogen-bond donors (Lipinski definition) is 1. The predicted octanol–water partition coefficient (Wildman–Crippen LogP) is 7.45. The van der Waals surface area contributed by atoms with Gasteiger partial charge in [0.15, 0.2) is 5.58 Å². The van der Waals surface area contributed by atoms with Crippen LogP contribution in [0.2, 0.25) is 0 Å². The Bertz CT molecular complexity index is 2010. The maximum Gasteiger partial charge on any atom is 0.416 e. The molecular formula is C50H69F6N3O13. The molecular weight excluding hydrogens is 965 g/mol. The number of hydrogen-bond acceptors (Lipinski definition) is 16. The lowest BCUT2D eigenvalue weighted by atomic mass is 10.0. The van der Waals surface area contributed by atoms with Crippen molar-refractivity contribution in [1.82, 2.24) is 10.3 Å². The van der Waals surface area contributed by atoms with Crippen LogP contribution in [0.5, 0.6) is 5.75 Å². The van der Waals surface area contributed by atoms with E-state index < -0.39 is 23.5 Å². The number of rotatable bonds is 42. The summed E-state index contributed by atoms with van der Waals surface area (Å²) in [6.07, 6.45) is -5.95. The van der Waals surface area contributed by atoms with E-state index in [1.807, 2.05) is 56.6 Å². The maximum absolute atomic E-state index is 13.0. The second-order valence-electron chi connectivity index (χ2n) is 15.7. The number of anilines is 1. The number of benzene rings is 3. The first-order valence-corrected chi connectivity index (χ1v) is 23.7. The Kier molecular flexibility index (Phi) is 29.8. The quantitative estimate of drug-likeness (QED) is 0.0345. The third-order valence-electron chi connectivity index (χ3n) is 9.82. The number of aromatic nitrogens is 1. The van der Waals surface area contributed by atoms with Gasteiger partial charge in [0.1, 0.15) is 17.9 Å². The fourth-order valence-electron chi connectivity index (χ4n) is 6.15. The van der Waals surface area contributed by atoms with Gasteiger partial charge in [0.2, 0.25) is 5.89 Å². The van der Waals surface area contributed by atoms with Gasteiger partial charge in [0.05, 0.1) is 156 Å². The summed E-state index contributed by atoms with van der Waals surface area (Å²) in [6.45, 7) is 9.30. The van der Waals surface area contributed by atoms with Crippen LogP contribution >= 0.6 is 0 Å². The average molecular weight is 1030 g/mol. The summed E-state index contributed by atoms with van der Waals surface area (Å²) in [4.78, 5) is 6.58. The molecule has 0 aliphatic rings. The topological polar surface area (TPSA) is 152 Å². The SMILES string of the molecule is CN(C)c1ccc(/C=C/c2nc3ccc(OCCOCCOCCOCCOCCOCCOCCOCCOCCOCCOCCOCCNCc4cc(C(F)(F)F)cc(C(F)(F)F)c4)cc3o2)cc1. The van der Waals surface area contributed by atoms with Gasteiger partial charge in [-0.15, -0.1) is 0 Å². The summed E-state index contributed by atoms with van der Waals surface area (Å²) < 4.78 is 150. The summed E-state index contributed by atoms with van der Waals surface area (Å²) in [7, 11) is 4.02. The van der Waals surface area contributed by atoms with Gasteiger partial charge in [-0.3, -0.25) is 0 Å². The Hall–Kier alpha value is -4.43. The number of fused-ring (bicyclic) bond motifs is 1. The molecule has 1 aromatic heterocycles. The van der Waals surface area contributed by atoms with Crippen LogP contribution in [-0.4, -0.2) is 178 Å². The van der Waals surface area contributed by atoms with Crippen molar-refractivity contribution < 1.29 is 87.6 Å². The van der Waals surface area contributed by atoms with E-state index in [4.69, 9.17) is 61.3 Å². The van der Waals surface area contributed by atoms with Gasteiger partial charge in [0.25, 0.3) is 0 Å². The molecule has 0 fully saturated rings. The Morgan fingerprint density at radius 1 is 0.486 bits per heavy atom. The second-order valence-corrected chi connectivity index (χ2v) is 15.7. The number of nitrogens with one attached hydrogen (secondary N) is 1. The lowest BCUT2D eigenvalue weighted by Crippen LogP contribution is -2.21. The van der Waals surface area contributed by atoms with Crippen molar-refractivity contribution in [2.45, 2.75) is 18.9 Å². The zero-order valence-corrected chi connectivity index (χ0v) is 41.1. The van der Waals surface area contributed by atoms with Crippen LogP contribution in [0.15, 0.2) is 65.1 Å². The molecule has 0 saturated heterocycles. The van der Waals surface area contributed by atoms with Crippen LogP contribution in [0, 0.1) is 0 Å². The highest BCUT2D eigenvalue weighted by Gasteiger charge is 2.36. The standard InChI is InChI=1S/C50H69F6N3O13/c1-59(2)44-6-3-40(4-7-44)5-10-48-58-46-9-8-45(38-47(46)72-48)71-34-33-70-32-31-69-30-29-68-28-27-67-26-25-66-24-23-65-22-21-64-20-19-63-18-17-62-16-15-61-14-13-60-12-11-57-39-41-35-42(49(51,52)53)37-43(36-41)50(54,55)56/h3-10,35-38,57H,11-34,39H2,1-2H3/b10-5+. The van der Waals surface area contributed by atoms with Crippen molar-refractivity contribution in [1.29, 1.82) is 0 Å². The molecule has 0 saturated carbocycles.